The molecule has 0 aliphatic heterocycles. The molecule has 2 N–H and O–H groups in total. The molecule has 1 unspecified atom stereocenters. The summed E-state index contributed by atoms with van der Waals surface area (Å²) in [6.07, 6.45) is -0.869. The zero-order valence-corrected chi connectivity index (χ0v) is 16.3. The summed E-state index contributed by atoms with van der Waals surface area (Å²) in [6, 6.07) is 22.3. The van der Waals surface area contributed by atoms with E-state index < -0.39 is 6.10 Å². The van der Waals surface area contributed by atoms with Crippen LogP contribution in [0.1, 0.15) is 16.7 Å². The van der Waals surface area contributed by atoms with Crippen molar-refractivity contribution in [3.8, 4) is 22.6 Å². The van der Waals surface area contributed by atoms with Gasteiger partial charge in [-0.05, 0) is 60.4 Å². The first-order valence-corrected chi connectivity index (χ1v) is 9.36. The topological polar surface area (TPSA) is 58.9 Å². The molecule has 146 valence electrons. The summed E-state index contributed by atoms with van der Waals surface area (Å²) in [5.41, 5.74) is 5.53. The van der Waals surface area contributed by atoms with E-state index in [-0.39, 0.29) is 13.2 Å². The lowest BCUT2D eigenvalue weighted by Gasteiger charge is -2.13. The van der Waals surface area contributed by atoms with Crippen LogP contribution in [0.3, 0.4) is 0 Å². The van der Waals surface area contributed by atoms with Gasteiger partial charge >= 0.3 is 0 Å². The van der Waals surface area contributed by atoms with Gasteiger partial charge in [-0.2, -0.15) is 0 Å². The Balaban J connectivity index is 1.62. The van der Waals surface area contributed by atoms with Gasteiger partial charge in [-0.3, -0.25) is 0 Å². The van der Waals surface area contributed by atoms with Crippen molar-refractivity contribution in [1.82, 2.24) is 0 Å². The van der Waals surface area contributed by atoms with Gasteiger partial charge in [-0.15, -0.1) is 0 Å². The lowest BCUT2D eigenvalue weighted by molar-refractivity contribution is 0.0534. The Bertz CT molecular complexity index is 885. The van der Waals surface area contributed by atoms with E-state index in [1.807, 2.05) is 49.4 Å². The number of aryl methyl sites for hydroxylation is 2. The van der Waals surface area contributed by atoms with Gasteiger partial charge in [0.25, 0.3) is 0 Å². The van der Waals surface area contributed by atoms with Crippen LogP contribution in [-0.4, -0.2) is 29.5 Å². The maximum Gasteiger partial charge on any atom is 0.122 e. The van der Waals surface area contributed by atoms with Gasteiger partial charge < -0.3 is 19.7 Å². The molecule has 3 aromatic rings. The SMILES string of the molecule is Cc1ccc(COc2ccc(-c3ccc(OCC(O)CO)c(C)c3)cc2)cc1. The number of benzene rings is 3. The fourth-order valence-electron chi connectivity index (χ4n) is 2.82. The molecule has 0 spiro atoms. The Morgan fingerprint density at radius 2 is 1.50 bits per heavy atom. The van der Waals surface area contributed by atoms with Crippen molar-refractivity contribution >= 4 is 0 Å². The van der Waals surface area contributed by atoms with E-state index in [4.69, 9.17) is 14.6 Å². The minimum Gasteiger partial charge on any atom is -0.491 e. The summed E-state index contributed by atoms with van der Waals surface area (Å²) >= 11 is 0. The largest absolute Gasteiger partial charge is 0.491 e. The van der Waals surface area contributed by atoms with Crippen molar-refractivity contribution in [2.24, 2.45) is 0 Å². The van der Waals surface area contributed by atoms with Gasteiger partial charge in [-0.25, -0.2) is 0 Å². The lowest BCUT2D eigenvalue weighted by atomic mass is 10.0. The van der Waals surface area contributed by atoms with Gasteiger partial charge in [0.05, 0.1) is 6.61 Å². The zero-order chi connectivity index (χ0) is 19.9. The van der Waals surface area contributed by atoms with Crippen molar-refractivity contribution in [1.29, 1.82) is 0 Å². The first-order chi connectivity index (χ1) is 13.5. The van der Waals surface area contributed by atoms with Gasteiger partial charge in [-0.1, -0.05) is 48.0 Å². The summed E-state index contributed by atoms with van der Waals surface area (Å²) in [5, 5.41) is 18.3. The average Bonchev–Trinajstić information content (AvgIpc) is 2.72. The van der Waals surface area contributed by atoms with E-state index in [1.54, 1.807) is 0 Å². The predicted molar refractivity (Wildman–Crippen MR) is 111 cm³/mol. The molecular formula is C24H26O4. The molecule has 0 radical (unpaired) electrons. The van der Waals surface area contributed by atoms with Crippen molar-refractivity contribution in [2.75, 3.05) is 13.2 Å². The second-order valence-electron chi connectivity index (χ2n) is 6.93. The Morgan fingerprint density at radius 3 is 2.14 bits per heavy atom. The van der Waals surface area contributed by atoms with Crippen LogP contribution in [0.15, 0.2) is 66.7 Å². The Morgan fingerprint density at radius 1 is 0.821 bits per heavy atom. The number of hydrogen-bond acceptors (Lipinski definition) is 4. The third kappa shape index (κ3) is 5.35. The normalized spacial score (nSPS) is 11.9. The molecule has 0 saturated carbocycles. The standard InChI is InChI=1S/C24H26O4/c1-17-3-5-19(6-4-17)15-27-23-10-7-20(8-11-23)21-9-12-24(18(2)13-21)28-16-22(26)14-25/h3-13,22,25-26H,14-16H2,1-2H3. The molecule has 0 saturated heterocycles. The highest BCUT2D eigenvalue weighted by atomic mass is 16.5. The molecule has 0 heterocycles. The minimum absolute atomic E-state index is 0.0731. The monoisotopic (exact) mass is 378 g/mol. The molecular weight excluding hydrogens is 352 g/mol. The molecule has 0 amide bonds. The third-order valence-electron chi connectivity index (χ3n) is 4.53. The van der Waals surface area contributed by atoms with Crippen LogP contribution in [-0.2, 0) is 6.61 Å². The highest BCUT2D eigenvalue weighted by Gasteiger charge is 2.07. The van der Waals surface area contributed by atoms with Crippen LogP contribution in [0, 0.1) is 13.8 Å². The van der Waals surface area contributed by atoms with Crippen molar-refractivity contribution in [2.45, 2.75) is 26.6 Å². The van der Waals surface area contributed by atoms with Crippen LogP contribution in [0.2, 0.25) is 0 Å². The maximum atomic E-state index is 9.41. The van der Waals surface area contributed by atoms with E-state index in [0.29, 0.717) is 12.4 Å². The second-order valence-corrected chi connectivity index (χ2v) is 6.93. The first kappa shape index (κ1) is 19.9. The number of hydrogen-bond donors (Lipinski definition) is 2. The van der Waals surface area contributed by atoms with Crippen LogP contribution in [0.25, 0.3) is 11.1 Å². The van der Waals surface area contributed by atoms with Gasteiger partial charge in [0.15, 0.2) is 0 Å². The van der Waals surface area contributed by atoms with E-state index in [1.165, 1.54) is 5.56 Å². The summed E-state index contributed by atoms with van der Waals surface area (Å²) < 4.78 is 11.4. The molecule has 28 heavy (non-hydrogen) atoms. The highest BCUT2D eigenvalue weighted by molar-refractivity contribution is 5.66. The van der Waals surface area contributed by atoms with Crippen molar-refractivity contribution in [3.63, 3.8) is 0 Å². The third-order valence-corrected chi connectivity index (χ3v) is 4.53. The Hall–Kier alpha value is -2.82. The molecule has 0 aliphatic carbocycles. The van der Waals surface area contributed by atoms with Crippen molar-refractivity contribution in [3.05, 3.63) is 83.4 Å². The molecule has 4 nitrogen and oxygen atoms in total. The average molecular weight is 378 g/mol. The molecule has 0 bridgehead atoms. The molecule has 3 aromatic carbocycles. The van der Waals surface area contributed by atoms with Gasteiger partial charge in [0, 0.05) is 0 Å². The lowest BCUT2D eigenvalue weighted by Crippen LogP contribution is -2.21. The molecule has 0 aliphatic rings. The molecule has 4 heteroatoms. The zero-order valence-electron chi connectivity index (χ0n) is 16.3. The Labute approximate surface area is 166 Å². The van der Waals surface area contributed by atoms with Crippen LogP contribution < -0.4 is 9.47 Å². The van der Waals surface area contributed by atoms with Gasteiger partial charge in [0.1, 0.15) is 30.8 Å². The summed E-state index contributed by atoms with van der Waals surface area (Å²) in [6.45, 7) is 4.34. The smallest absolute Gasteiger partial charge is 0.122 e. The van der Waals surface area contributed by atoms with E-state index in [0.717, 1.165) is 28.0 Å². The van der Waals surface area contributed by atoms with Gasteiger partial charge in [0.2, 0.25) is 0 Å². The molecule has 1 atom stereocenters. The number of ether oxygens (including phenoxy) is 2. The van der Waals surface area contributed by atoms with E-state index in [9.17, 15) is 5.11 Å². The first-order valence-electron chi connectivity index (χ1n) is 9.36. The second kappa shape index (κ2) is 9.40. The van der Waals surface area contributed by atoms with E-state index >= 15 is 0 Å². The summed E-state index contributed by atoms with van der Waals surface area (Å²) in [7, 11) is 0. The molecule has 0 aromatic heterocycles. The quantitative estimate of drug-likeness (QED) is 0.614. The van der Waals surface area contributed by atoms with Crippen LogP contribution in [0.5, 0.6) is 11.5 Å². The Kier molecular flexibility index (Phi) is 6.69. The summed E-state index contributed by atoms with van der Waals surface area (Å²) in [4.78, 5) is 0. The number of aliphatic hydroxyl groups is 2. The predicted octanol–water partition coefficient (Wildman–Crippen LogP) is 4.28. The number of aliphatic hydroxyl groups excluding tert-OH is 2. The van der Waals surface area contributed by atoms with Crippen LogP contribution in [0.4, 0.5) is 0 Å². The fourth-order valence-corrected chi connectivity index (χ4v) is 2.82. The molecule has 0 fully saturated rings. The maximum absolute atomic E-state index is 9.41. The van der Waals surface area contributed by atoms with Crippen molar-refractivity contribution < 1.29 is 19.7 Å². The fraction of sp³-hybridized carbons (Fsp3) is 0.250. The molecule has 3 rings (SSSR count). The highest BCUT2D eigenvalue weighted by Crippen LogP contribution is 2.28. The van der Waals surface area contributed by atoms with Crippen LogP contribution >= 0.6 is 0 Å². The van der Waals surface area contributed by atoms with E-state index in [2.05, 4.69) is 31.2 Å². The number of rotatable bonds is 8. The minimum atomic E-state index is -0.869. The summed E-state index contributed by atoms with van der Waals surface area (Å²) in [5.74, 6) is 1.54.